The third-order valence-electron chi connectivity index (χ3n) is 7.91. The number of hydrogen-bond acceptors (Lipinski definition) is 3. The molecule has 0 bridgehead atoms. The summed E-state index contributed by atoms with van der Waals surface area (Å²) in [6.45, 7) is 4.39. The summed E-state index contributed by atoms with van der Waals surface area (Å²) in [5.74, 6) is 0.573. The first kappa shape index (κ1) is 20.7. The summed E-state index contributed by atoms with van der Waals surface area (Å²) in [5.41, 5.74) is 3.93. The largest absolute Gasteiger partial charge is 0.329 e. The molecule has 4 aliphatic rings. The second-order valence-corrected chi connectivity index (χ2v) is 10.1. The van der Waals surface area contributed by atoms with Crippen molar-refractivity contribution in [1.29, 1.82) is 0 Å². The van der Waals surface area contributed by atoms with Crippen molar-refractivity contribution in [2.24, 2.45) is 5.92 Å². The van der Waals surface area contributed by atoms with Crippen LogP contribution in [-0.4, -0.2) is 34.8 Å². The quantitative estimate of drug-likeness (QED) is 0.753. The zero-order chi connectivity index (χ0) is 21.4. The van der Waals surface area contributed by atoms with Gasteiger partial charge < -0.3 is 15.5 Å². The molecule has 1 aromatic rings. The second-order valence-electron chi connectivity index (χ2n) is 10.1. The average molecular weight is 422 g/mol. The Morgan fingerprint density at radius 2 is 1.81 bits per heavy atom. The third kappa shape index (κ3) is 4.30. The van der Waals surface area contributed by atoms with E-state index in [9.17, 15) is 9.59 Å². The molecular formula is C26H35N3O2. The number of piperidine rings is 1. The topological polar surface area (TPSA) is 61.4 Å². The van der Waals surface area contributed by atoms with Crippen molar-refractivity contribution in [2.45, 2.75) is 95.3 Å². The molecule has 5 heteroatoms. The summed E-state index contributed by atoms with van der Waals surface area (Å²) in [4.78, 5) is 27.2. The van der Waals surface area contributed by atoms with Crippen LogP contribution in [0.25, 0.3) is 0 Å². The fourth-order valence-electron chi connectivity index (χ4n) is 6.20. The summed E-state index contributed by atoms with van der Waals surface area (Å²) >= 11 is 0. The van der Waals surface area contributed by atoms with Gasteiger partial charge in [0.2, 0.25) is 5.91 Å². The molecule has 5 nitrogen and oxygen atoms in total. The molecule has 0 spiro atoms. The molecule has 2 saturated carbocycles. The van der Waals surface area contributed by atoms with Crippen LogP contribution in [0.4, 0.5) is 0 Å². The fraction of sp³-hybridized carbons (Fsp3) is 0.615. The van der Waals surface area contributed by atoms with Gasteiger partial charge in [-0.2, -0.15) is 0 Å². The van der Waals surface area contributed by atoms with Crippen LogP contribution in [0, 0.1) is 5.92 Å². The number of benzene rings is 1. The molecule has 1 aromatic carbocycles. The highest BCUT2D eigenvalue weighted by molar-refractivity contribution is 6.01. The van der Waals surface area contributed by atoms with Crippen molar-refractivity contribution < 1.29 is 9.59 Å². The SMILES string of the molecule is C=C1CCC(N2Cc3cc(C[C@H]4CCCC[C@@H]4NC4CCCC4)ccc3C2=O)C(=O)N1. The maximum Gasteiger partial charge on any atom is 0.255 e. The van der Waals surface area contributed by atoms with Gasteiger partial charge >= 0.3 is 0 Å². The van der Waals surface area contributed by atoms with Crippen LogP contribution in [0.1, 0.15) is 85.7 Å². The highest BCUT2D eigenvalue weighted by Gasteiger charge is 2.38. The summed E-state index contributed by atoms with van der Waals surface area (Å²) in [7, 11) is 0. The Kier molecular flexibility index (Phi) is 5.87. The second kappa shape index (κ2) is 8.78. The van der Waals surface area contributed by atoms with E-state index in [0.717, 1.165) is 35.7 Å². The molecular weight excluding hydrogens is 386 g/mol. The fourth-order valence-corrected chi connectivity index (χ4v) is 6.20. The molecule has 31 heavy (non-hydrogen) atoms. The Bertz CT molecular complexity index is 873. The molecule has 166 valence electrons. The third-order valence-corrected chi connectivity index (χ3v) is 7.91. The highest BCUT2D eigenvalue weighted by Crippen LogP contribution is 2.33. The molecule has 2 aliphatic carbocycles. The van der Waals surface area contributed by atoms with Crippen LogP contribution in [0.2, 0.25) is 0 Å². The van der Waals surface area contributed by atoms with E-state index in [2.05, 4.69) is 29.3 Å². The minimum absolute atomic E-state index is 0.00680. The van der Waals surface area contributed by atoms with E-state index in [4.69, 9.17) is 0 Å². The van der Waals surface area contributed by atoms with E-state index >= 15 is 0 Å². The molecule has 2 N–H and O–H groups in total. The van der Waals surface area contributed by atoms with Gasteiger partial charge in [-0.25, -0.2) is 0 Å². The number of carbonyl (C=O) groups is 2. The van der Waals surface area contributed by atoms with Crippen molar-refractivity contribution in [3.8, 4) is 0 Å². The standard InChI is InChI=1S/C26H35N3O2/c1-17-10-13-24(25(30)27-17)29-16-20-15-18(11-12-22(20)26(29)31)14-19-6-2-5-9-23(19)28-21-7-3-4-8-21/h11-12,15,19,21,23-24,28H,1-10,13-14,16H2,(H,27,30)/t19-,23+,24?/m1/s1. The van der Waals surface area contributed by atoms with Crippen LogP contribution in [0.5, 0.6) is 0 Å². The lowest BCUT2D eigenvalue weighted by Gasteiger charge is -2.34. The van der Waals surface area contributed by atoms with Gasteiger partial charge in [-0.15, -0.1) is 0 Å². The molecule has 0 aromatic heterocycles. The van der Waals surface area contributed by atoms with Crippen molar-refractivity contribution >= 4 is 11.8 Å². The number of nitrogens with zero attached hydrogens (tertiary/aromatic N) is 1. The highest BCUT2D eigenvalue weighted by atomic mass is 16.2. The molecule has 0 radical (unpaired) electrons. The van der Waals surface area contributed by atoms with E-state index in [1.807, 2.05) is 6.07 Å². The van der Waals surface area contributed by atoms with E-state index in [0.29, 0.717) is 24.9 Å². The van der Waals surface area contributed by atoms with Crippen molar-refractivity contribution in [3.05, 3.63) is 47.2 Å². The monoisotopic (exact) mass is 421 g/mol. The Hall–Kier alpha value is -2.14. The van der Waals surface area contributed by atoms with Gasteiger partial charge in [0.1, 0.15) is 6.04 Å². The maximum atomic E-state index is 13.0. The minimum Gasteiger partial charge on any atom is -0.329 e. The first-order chi connectivity index (χ1) is 15.1. The molecule has 2 heterocycles. The van der Waals surface area contributed by atoms with Gasteiger partial charge in [0.15, 0.2) is 0 Å². The van der Waals surface area contributed by atoms with Gasteiger partial charge in [-0.05, 0) is 68.1 Å². The zero-order valence-corrected chi connectivity index (χ0v) is 18.5. The van der Waals surface area contributed by atoms with Crippen LogP contribution in [-0.2, 0) is 17.8 Å². The van der Waals surface area contributed by atoms with Crippen LogP contribution in [0.15, 0.2) is 30.5 Å². The summed E-state index contributed by atoms with van der Waals surface area (Å²) in [5, 5.41) is 6.81. The predicted molar refractivity (Wildman–Crippen MR) is 121 cm³/mol. The average Bonchev–Trinajstić information content (AvgIpc) is 3.37. The summed E-state index contributed by atoms with van der Waals surface area (Å²) in [6, 6.07) is 7.33. The van der Waals surface area contributed by atoms with Gasteiger partial charge in [0.25, 0.3) is 5.91 Å². The molecule has 1 saturated heterocycles. The Morgan fingerprint density at radius 3 is 2.61 bits per heavy atom. The number of nitrogens with one attached hydrogen (secondary N) is 2. The molecule has 5 rings (SSSR count). The maximum absolute atomic E-state index is 13.0. The van der Waals surface area contributed by atoms with Gasteiger partial charge in [-0.3, -0.25) is 9.59 Å². The number of hydrogen-bond donors (Lipinski definition) is 2. The summed E-state index contributed by atoms with van der Waals surface area (Å²) in [6.07, 6.45) is 13.1. The number of amides is 2. The van der Waals surface area contributed by atoms with E-state index in [-0.39, 0.29) is 17.9 Å². The lowest BCUT2D eigenvalue weighted by molar-refractivity contribution is -0.126. The normalized spacial score (nSPS) is 29.4. The smallest absolute Gasteiger partial charge is 0.255 e. The van der Waals surface area contributed by atoms with E-state index in [1.54, 1.807) is 4.90 Å². The van der Waals surface area contributed by atoms with E-state index < -0.39 is 0 Å². The van der Waals surface area contributed by atoms with Crippen LogP contribution in [0.3, 0.4) is 0 Å². The van der Waals surface area contributed by atoms with Crippen LogP contribution >= 0.6 is 0 Å². The Labute approximate surface area is 185 Å². The zero-order valence-electron chi connectivity index (χ0n) is 18.5. The number of fused-ring (bicyclic) bond motifs is 1. The summed E-state index contributed by atoms with van der Waals surface area (Å²) < 4.78 is 0. The van der Waals surface area contributed by atoms with E-state index in [1.165, 1.54) is 56.9 Å². The van der Waals surface area contributed by atoms with Gasteiger partial charge in [0, 0.05) is 29.9 Å². The predicted octanol–water partition coefficient (Wildman–Crippen LogP) is 4.07. The molecule has 2 amide bonds. The number of rotatable bonds is 5. The lowest BCUT2D eigenvalue weighted by atomic mass is 9.80. The van der Waals surface area contributed by atoms with Gasteiger partial charge in [0.05, 0.1) is 0 Å². The van der Waals surface area contributed by atoms with Crippen molar-refractivity contribution in [2.75, 3.05) is 0 Å². The molecule has 3 atom stereocenters. The van der Waals surface area contributed by atoms with Crippen molar-refractivity contribution in [1.82, 2.24) is 15.5 Å². The van der Waals surface area contributed by atoms with Crippen molar-refractivity contribution in [3.63, 3.8) is 0 Å². The Balaban J connectivity index is 1.27. The molecule has 3 fully saturated rings. The number of carbonyl (C=O) groups excluding carboxylic acids is 2. The first-order valence-corrected chi connectivity index (χ1v) is 12.3. The molecule has 1 unspecified atom stereocenters. The lowest BCUT2D eigenvalue weighted by Crippen LogP contribution is -2.49. The number of allylic oxidation sites excluding steroid dienone is 1. The first-order valence-electron chi connectivity index (χ1n) is 12.3. The van der Waals surface area contributed by atoms with Crippen LogP contribution < -0.4 is 10.6 Å². The minimum atomic E-state index is -0.382. The van der Waals surface area contributed by atoms with Gasteiger partial charge in [-0.1, -0.05) is 44.4 Å². The molecule has 2 aliphatic heterocycles. The Morgan fingerprint density at radius 1 is 1.03 bits per heavy atom.